The number of carbonyl (C=O) groups excluding carboxylic acids is 2. The summed E-state index contributed by atoms with van der Waals surface area (Å²) >= 11 is 4.82. The minimum atomic E-state index is -0.334. The van der Waals surface area contributed by atoms with Crippen molar-refractivity contribution in [2.75, 3.05) is 11.1 Å². The first-order chi connectivity index (χ1) is 16.2. The maximum absolute atomic E-state index is 12.7. The quantitative estimate of drug-likeness (QED) is 0.337. The monoisotopic (exact) mass is 543 g/mol. The van der Waals surface area contributed by atoms with Crippen molar-refractivity contribution in [2.45, 2.75) is 58.3 Å². The van der Waals surface area contributed by atoms with Gasteiger partial charge in [0.15, 0.2) is 11.0 Å². The van der Waals surface area contributed by atoms with E-state index in [0.29, 0.717) is 23.1 Å². The predicted octanol–water partition coefficient (Wildman–Crippen LogP) is 5.71. The number of benzene rings is 2. The molecule has 0 saturated carbocycles. The molecule has 0 saturated heterocycles. The standard InChI is InChI=1S/C25H30BrN5O2S/c1-6-31-23(17(5)27-24(33)19-10-8-7-9-16(19)4)29-30-25(31)34-14-22(32)28-21-12-11-18(26)13-20(21)15(2)3/h7-13,15,17H,6,14H2,1-5H3,(H,27,33)(H,28,32)/t17-/m0/s1. The van der Waals surface area contributed by atoms with E-state index in [2.05, 4.69) is 50.6 Å². The molecule has 1 aromatic heterocycles. The summed E-state index contributed by atoms with van der Waals surface area (Å²) in [6, 6.07) is 13.0. The molecule has 34 heavy (non-hydrogen) atoms. The van der Waals surface area contributed by atoms with Crippen LogP contribution in [0.3, 0.4) is 0 Å². The van der Waals surface area contributed by atoms with Crippen molar-refractivity contribution in [1.82, 2.24) is 20.1 Å². The van der Waals surface area contributed by atoms with Crippen LogP contribution in [0.15, 0.2) is 52.1 Å². The number of nitrogens with one attached hydrogen (secondary N) is 2. The van der Waals surface area contributed by atoms with E-state index in [9.17, 15) is 9.59 Å². The van der Waals surface area contributed by atoms with Crippen molar-refractivity contribution in [3.05, 3.63) is 69.5 Å². The molecule has 7 nitrogen and oxygen atoms in total. The van der Waals surface area contributed by atoms with Crippen LogP contribution in [0.1, 0.15) is 67.0 Å². The molecule has 0 aliphatic rings. The number of anilines is 1. The third-order valence-corrected chi connectivity index (χ3v) is 6.89. The topological polar surface area (TPSA) is 88.9 Å². The van der Waals surface area contributed by atoms with Crippen molar-refractivity contribution in [2.24, 2.45) is 0 Å². The number of nitrogens with zero attached hydrogens (tertiary/aromatic N) is 3. The Morgan fingerprint density at radius 3 is 2.53 bits per heavy atom. The van der Waals surface area contributed by atoms with Gasteiger partial charge in [-0.3, -0.25) is 9.59 Å². The zero-order chi connectivity index (χ0) is 24.8. The molecule has 3 rings (SSSR count). The minimum absolute atomic E-state index is 0.109. The van der Waals surface area contributed by atoms with Gasteiger partial charge in [0.05, 0.1) is 11.8 Å². The molecular weight excluding hydrogens is 514 g/mol. The van der Waals surface area contributed by atoms with Crippen LogP contribution in [0.25, 0.3) is 0 Å². The number of halogens is 1. The number of carbonyl (C=O) groups is 2. The summed E-state index contributed by atoms with van der Waals surface area (Å²) in [6.45, 7) is 10.6. The summed E-state index contributed by atoms with van der Waals surface area (Å²) < 4.78 is 2.91. The Balaban J connectivity index is 1.66. The Hall–Kier alpha value is -2.65. The van der Waals surface area contributed by atoms with Gasteiger partial charge in [0.2, 0.25) is 5.91 Å². The number of hydrogen-bond donors (Lipinski definition) is 2. The van der Waals surface area contributed by atoms with E-state index in [-0.39, 0.29) is 29.5 Å². The number of thioether (sulfide) groups is 1. The van der Waals surface area contributed by atoms with Gasteiger partial charge in [0, 0.05) is 22.3 Å². The molecule has 1 atom stereocenters. The highest BCUT2D eigenvalue weighted by molar-refractivity contribution is 9.10. The zero-order valence-electron chi connectivity index (χ0n) is 20.1. The van der Waals surface area contributed by atoms with Crippen molar-refractivity contribution >= 4 is 45.2 Å². The third-order valence-electron chi connectivity index (χ3n) is 5.43. The second-order valence-corrected chi connectivity index (χ2v) is 10.2. The maximum Gasteiger partial charge on any atom is 0.252 e. The van der Waals surface area contributed by atoms with Gasteiger partial charge in [-0.2, -0.15) is 0 Å². The Morgan fingerprint density at radius 2 is 1.85 bits per heavy atom. The first-order valence-electron chi connectivity index (χ1n) is 11.2. The molecule has 180 valence electrons. The number of amides is 2. The zero-order valence-corrected chi connectivity index (χ0v) is 22.5. The molecule has 9 heteroatoms. The van der Waals surface area contributed by atoms with Gasteiger partial charge in [0.1, 0.15) is 0 Å². The smallest absolute Gasteiger partial charge is 0.252 e. The molecule has 0 spiro atoms. The summed E-state index contributed by atoms with van der Waals surface area (Å²) in [6.07, 6.45) is 0. The van der Waals surface area contributed by atoms with Crippen LogP contribution < -0.4 is 10.6 Å². The van der Waals surface area contributed by atoms with Gasteiger partial charge >= 0.3 is 0 Å². The lowest BCUT2D eigenvalue weighted by atomic mass is 10.0. The summed E-state index contributed by atoms with van der Waals surface area (Å²) in [4.78, 5) is 25.4. The highest BCUT2D eigenvalue weighted by Crippen LogP contribution is 2.28. The Labute approximate surface area is 213 Å². The van der Waals surface area contributed by atoms with Crippen molar-refractivity contribution < 1.29 is 9.59 Å². The molecule has 0 fully saturated rings. The molecule has 0 aliphatic carbocycles. The third kappa shape index (κ3) is 6.27. The fourth-order valence-corrected chi connectivity index (χ4v) is 4.82. The number of aryl methyl sites for hydroxylation is 1. The molecule has 2 amide bonds. The van der Waals surface area contributed by atoms with Gasteiger partial charge in [-0.15, -0.1) is 10.2 Å². The summed E-state index contributed by atoms with van der Waals surface area (Å²) in [5.41, 5.74) is 3.44. The molecule has 0 radical (unpaired) electrons. The van der Waals surface area contributed by atoms with Gasteiger partial charge in [-0.05, 0) is 62.1 Å². The van der Waals surface area contributed by atoms with Crippen LogP contribution in [0, 0.1) is 6.92 Å². The van der Waals surface area contributed by atoms with Crippen LogP contribution in [-0.4, -0.2) is 32.3 Å². The fraction of sp³-hybridized carbons (Fsp3) is 0.360. The van der Waals surface area contributed by atoms with Crippen molar-refractivity contribution in [3.63, 3.8) is 0 Å². The van der Waals surface area contributed by atoms with Gasteiger partial charge in [-0.25, -0.2) is 0 Å². The average molecular weight is 545 g/mol. The highest BCUT2D eigenvalue weighted by Gasteiger charge is 2.21. The molecule has 3 aromatic rings. The van der Waals surface area contributed by atoms with E-state index < -0.39 is 0 Å². The lowest BCUT2D eigenvalue weighted by Gasteiger charge is -2.16. The van der Waals surface area contributed by atoms with Gasteiger partial charge < -0.3 is 15.2 Å². The van der Waals surface area contributed by atoms with Crippen molar-refractivity contribution in [1.29, 1.82) is 0 Å². The van der Waals surface area contributed by atoms with E-state index >= 15 is 0 Å². The first kappa shape index (κ1) is 26.0. The van der Waals surface area contributed by atoms with Crippen LogP contribution in [0.5, 0.6) is 0 Å². The van der Waals surface area contributed by atoms with Crippen LogP contribution in [-0.2, 0) is 11.3 Å². The van der Waals surface area contributed by atoms with Crippen molar-refractivity contribution in [3.8, 4) is 0 Å². The van der Waals surface area contributed by atoms with Crippen LogP contribution in [0.4, 0.5) is 5.69 Å². The van der Waals surface area contributed by atoms with E-state index in [1.807, 2.05) is 61.7 Å². The molecule has 2 aromatic carbocycles. The molecule has 0 bridgehead atoms. The summed E-state index contributed by atoms with van der Waals surface area (Å²) in [7, 11) is 0. The second-order valence-electron chi connectivity index (χ2n) is 8.32. The Kier molecular flexibility index (Phi) is 8.90. The summed E-state index contributed by atoms with van der Waals surface area (Å²) in [5, 5.41) is 15.2. The van der Waals surface area contributed by atoms with Crippen LogP contribution >= 0.6 is 27.7 Å². The van der Waals surface area contributed by atoms with E-state index in [1.165, 1.54) is 11.8 Å². The normalized spacial score (nSPS) is 12.0. The van der Waals surface area contributed by atoms with Crippen LogP contribution in [0.2, 0.25) is 0 Å². The number of aromatic nitrogens is 3. The number of rotatable bonds is 9. The average Bonchev–Trinajstić information content (AvgIpc) is 3.22. The SMILES string of the molecule is CCn1c(SCC(=O)Nc2ccc(Br)cc2C(C)C)nnc1[C@H](C)NC(=O)c1ccccc1C. The molecule has 0 unspecified atom stereocenters. The first-order valence-corrected chi connectivity index (χ1v) is 13.0. The molecular formula is C25H30BrN5O2S. The Bertz CT molecular complexity index is 1180. The second kappa shape index (κ2) is 11.7. The molecule has 1 heterocycles. The lowest BCUT2D eigenvalue weighted by molar-refractivity contribution is -0.113. The fourth-order valence-electron chi connectivity index (χ4n) is 3.63. The van der Waals surface area contributed by atoms with E-state index in [4.69, 9.17) is 0 Å². The molecule has 0 aliphatic heterocycles. The highest BCUT2D eigenvalue weighted by atomic mass is 79.9. The van der Waals surface area contributed by atoms with Gasteiger partial charge in [0.25, 0.3) is 5.91 Å². The van der Waals surface area contributed by atoms with E-state index in [1.54, 1.807) is 6.07 Å². The van der Waals surface area contributed by atoms with E-state index in [0.717, 1.165) is 21.3 Å². The maximum atomic E-state index is 12.7. The number of hydrogen-bond acceptors (Lipinski definition) is 5. The molecule has 2 N–H and O–H groups in total. The largest absolute Gasteiger partial charge is 0.342 e. The minimum Gasteiger partial charge on any atom is -0.342 e. The Morgan fingerprint density at radius 1 is 1.12 bits per heavy atom. The summed E-state index contributed by atoms with van der Waals surface area (Å²) in [5.74, 6) is 0.878. The predicted molar refractivity (Wildman–Crippen MR) is 140 cm³/mol. The lowest BCUT2D eigenvalue weighted by Crippen LogP contribution is -2.29. The van der Waals surface area contributed by atoms with Gasteiger partial charge in [-0.1, -0.05) is 59.7 Å².